The lowest BCUT2D eigenvalue weighted by molar-refractivity contribution is 0.0859. The lowest BCUT2D eigenvalue weighted by Crippen LogP contribution is -2.44. The summed E-state index contributed by atoms with van der Waals surface area (Å²) in [6.45, 7) is 2.29. The number of aliphatic hydroxyl groups excluding tert-OH is 1. The van der Waals surface area contributed by atoms with Crippen LogP contribution in [0.15, 0.2) is 54.6 Å². The van der Waals surface area contributed by atoms with E-state index in [1.54, 1.807) is 4.31 Å². The Kier molecular flexibility index (Phi) is 7.13. The summed E-state index contributed by atoms with van der Waals surface area (Å²) in [6.07, 6.45) is 5.13. The zero-order valence-electron chi connectivity index (χ0n) is 18.7. The molecule has 1 heterocycles. The van der Waals surface area contributed by atoms with Crippen LogP contribution < -0.4 is 0 Å². The fourth-order valence-electron chi connectivity index (χ4n) is 5.06. The second-order valence-corrected chi connectivity index (χ2v) is 11.5. The first kappa shape index (κ1) is 23.1. The fourth-order valence-corrected chi connectivity index (χ4v) is 7.25. The summed E-state index contributed by atoms with van der Waals surface area (Å²) in [5, 5.41) is 9.14. The summed E-state index contributed by atoms with van der Waals surface area (Å²) < 4.78 is 28.4. The number of Topliss-reactive ketones (excluding diaryl/α,β-unsaturated/α-hetero) is 1. The third-order valence-electron chi connectivity index (χ3n) is 7.10. The Labute approximate surface area is 191 Å². The van der Waals surface area contributed by atoms with Crippen LogP contribution >= 0.6 is 0 Å². The molecule has 1 saturated heterocycles. The van der Waals surface area contributed by atoms with Gasteiger partial charge in [-0.2, -0.15) is 4.31 Å². The molecule has 1 N–H and O–H groups in total. The average Bonchev–Trinajstić information content (AvgIpc) is 2.79. The SMILES string of the molecule is C[C@H]1CCC(c2ccccc2)S(=O)(=O)N1Cc1ccc(C(=O)CC2CCC(O)CC2)cc1. The average molecular weight is 456 g/mol. The van der Waals surface area contributed by atoms with Gasteiger partial charge in [-0.15, -0.1) is 0 Å². The normalized spacial score (nSPS) is 28.3. The number of nitrogens with zero attached hydrogens (tertiary/aromatic N) is 1. The van der Waals surface area contributed by atoms with E-state index < -0.39 is 15.3 Å². The third-order valence-corrected chi connectivity index (χ3v) is 9.47. The topological polar surface area (TPSA) is 74.7 Å². The van der Waals surface area contributed by atoms with E-state index in [4.69, 9.17) is 0 Å². The van der Waals surface area contributed by atoms with E-state index in [9.17, 15) is 18.3 Å². The molecule has 5 nitrogen and oxygen atoms in total. The molecule has 0 bridgehead atoms. The van der Waals surface area contributed by atoms with Crippen molar-refractivity contribution >= 4 is 15.8 Å². The maximum absolute atomic E-state index is 13.4. The Hall–Kier alpha value is -2.02. The molecule has 2 atom stereocenters. The maximum Gasteiger partial charge on any atom is 0.221 e. The zero-order chi connectivity index (χ0) is 22.7. The van der Waals surface area contributed by atoms with E-state index in [2.05, 4.69) is 0 Å². The van der Waals surface area contributed by atoms with Gasteiger partial charge in [-0.25, -0.2) is 8.42 Å². The van der Waals surface area contributed by atoms with Crippen LogP contribution in [0, 0.1) is 5.92 Å². The summed E-state index contributed by atoms with van der Waals surface area (Å²) in [7, 11) is -3.47. The van der Waals surface area contributed by atoms with Gasteiger partial charge in [0.25, 0.3) is 0 Å². The number of carbonyl (C=O) groups excluding carboxylic acids is 1. The van der Waals surface area contributed by atoms with Gasteiger partial charge in [-0.05, 0) is 62.5 Å². The Morgan fingerprint density at radius 1 is 0.938 bits per heavy atom. The first-order chi connectivity index (χ1) is 15.3. The molecule has 6 heteroatoms. The van der Waals surface area contributed by atoms with E-state index in [0.29, 0.717) is 30.9 Å². The standard InChI is InChI=1S/C26H33NO4S/c1-19-7-16-26(23-5-3-2-4-6-23)32(30,31)27(19)18-21-8-12-22(13-9-21)25(29)17-20-10-14-24(28)15-11-20/h2-6,8-9,12-13,19-20,24,26,28H,7,10-11,14-18H2,1H3/t19-,20?,24?,26?/m0/s1. The van der Waals surface area contributed by atoms with E-state index in [0.717, 1.165) is 43.2 Å². The number of hydrogen-bond acceptors (Lipinski definition) is 4. The molecule has 172 valence electrons. The van der Waals surface area contributed by atoms with Gasteiger partial charge in [0.1, 0.15) is 5.25 Å². The Bertz CT molecular complexity index is 1010. The molecule has 2 aromatic rings. The third kappa shape index (κ3) is 5.13. The summed E-state index contributed by atoms with van der Waals surface area (Å²) >= 11 is 0. The molecule has 0 spiro atoms. The van der Waals surface area contributed by atoms with Crippen LogP contribution in [0.4, 0.5) is 0 Å². The molecule has 1 unspecified atom stereocenters. The minimum absolute atomic E-state index is 0.0528. The summed E-state index contributed by atoms with van der Waals surface area (Å²) in [5.74, 6) is 0.473. The minimum atomic E-state index is -3.47. The summed E-state index contributed by atoms with van der Waals surface area (Å²) in [6, 6.07) is 16.8. The Morgan fingerprint density at radius 3 is 2.25 bits per heavy atom. The minimum Gasteiger partial charge on any atom is -0.393 e. The molecule has 0 amide bonds. The molecular weight excluding hydrogens is 422 g/mol. The van der Waals surface area contributed by atoms with E-state index in [1.807, 2.05) is 61.5 Å². The molecule has 2 fully saturated rings. The van der Waals surface area contributed by atoms with Crippen LogP contribution in [0.3, 0.4) is 0 Å². The van der Waals surface area contributed by atoms with Gasteiger partial charge >= 0.3 is 0 Å². The number of sulfonamides is 1. The van der Waals surface area contributed by atoms with Crippen LogP contribution in [0.2, 0.25) is 0 Å². The smallest absolute Gasteiger partial charge is 0.221 e. The van der Waals surface area contributed by atoms with E-state index in [-0.39, 0.29) is 17.9 Å². The molecule has 4 rings (SSSR count). The molecule has 32 heavy (non-hydrogen) atoms. The van der Waals surface area contributed by atoms with Gasteiger partial charge in [-0.1, -0.05) is 54.6 Å². The van der Waals surface area contributed by atoms with Gasteiger partial charge in [0.15, 0.2) is 5.78 Å². The highest BCUT2D eigenvalue weighted by Gasteiger charge is 2.40. The second-order valence-electron chi connectivity index (χ2n) is 9.41. The summed E-state index contributed by atoms with van der Waals surface area (Å²) in [4.78, 5) is 12.7. The van der Waals surface area contributed by atoms with Crippen molar-refractivity contribution in [2.24, 2.45) is 5.92 Å². The van der Waals surface area contributed by atoms with Crippen LogP contribution in [-0.2, 0) is 16.6 Å². The number of benzene rings is 2. The molecule has 0 radical (unpaired) electrons. The zero-order valence-corrected chi connectivity index (χ0v) is 19.5. The van der Waals surface area contributed by atoms with Crippen molar-refractivity contribution in [3.63, 3.8) is 0 Å². The van der Waals surface area contributed by atoms with Crippen molar-refractivity contribution in [2.75, 3.05) is 0 Å². The predicted octanol–water partition coefficient (Wildman–Crippen LogP) is 4.87. The number of hydrogen-bond donors (Lipinski definition) is 1. The molecule has 0 aromatic heterocycles. The van der Waals surface area contributed by atoms with E-state index in [1.165, 1.54) is 0 Å². The van der Waals surface area contributed by atoms with Crippen molar-refractivity contribution in [2.45, 2.75) is 75.8 Å². The predicted molar refractivity (Wildman–Crippen MR) is 126 cm³/mol. The Balaban J connectivity index is 1.43. The van der Waals surface area contributed by atoms with Gasteiger partial charge in [0, 0.05) is 24.6 Å². The highest BCUT2D eigenvalue weighted by Crippen LogP contribution is 2.38. The lowest BCUT2D eigenvalue weighted by atomic mass is 9.83. The van der Waals surface area contributed by atoms with Crippen molar-refractivity contribution < 1.29 is 18.3 Å². The quantitative estimate of drug-likeness (QED) is 0.631. The number of ketones is 1. The lowest BCUT2D eigenvalue weighted by Gasteiger charge is -2.37. The van der Waals surface area contributed by atoms with Gasteiger partial charge < -0.3 is 5.11 Å². The number of rotatable bonds is 6. The highest BCUT2D eigenvalue weighted by atomic mass is 32.2. The van der Waals surface area contributed by atoms with Crippen molar-refractivity contribution in [1.29, 1.82) is 0 Å². The molecule has 1 aliphatic heterocycles. The van der Waals surface area contributed by atoms with Gasteiger partial charge in [0.05, 0.1) is 6.10 Å². The van der Waals surface area contributed by atoms with Crippen LogP contribution in [0.1, 0.15) is 78.6 Å². The Morgan fingerprint density at radius 2 is 1.59 bits per heavy atom. The van der Waals surface area contributed by atoms with Gasteiger partial charge in [-0.3, -0.25) is 4.79 Å². The second kappa shape index (κ2) is 9.86. The first-order valence-corrected chi connectivity index (χ1v) is 13.2. The van der Waals surface area contributed by atoms with Crippen LogP contribution in [0.25, 0.3) is 0 Å². The molecule has 2 aliphatic rings. The largest absolute Gasteiger partial charge is 0.393 e. The molecule has 1 saturated carbocycles. The van der Waals surface area contributed by atoms with Crippen molar-refractivity contribution in [1.82, 2.24) is 4.31 Å². The number of carbonyl (C=O) groups is 1. The van der Waals surface area contributed by atoms with Crippen molar-refractivity contribution in [3.05, 3.63) is 71.3 Å². The monoisotopic (exact) mass is 455 g/mol. The number of aliphatic hydroxyl groups is 1. The van der Waals surface area contributed by atoms with Crippen LogP contribution in [0.5, 0.6) is 0 Å². The highest BCUT2D eigenvalue weighted by molar-refractivity contribution is 7.89. The molecular formula is C26H33NO4S. The molecule has 1 aliphatic carbocycles. The van der Waals surface area contributed by atoms with Gasteiger partial charge in [0.2, 0.25) is 10.0 Å². The van der Waals surface area contributed by atoms with Crippen LogP contribution in [-0.4, -0.2) is 35.8 Å². The molecule has 2 aromatic carbocycles. The summed E-state index contributed by atoms with van der Waals surface area (Å²) in [5.41, 5.74) is 2.42. The van der Waals surface area contributed by atoms with E-state index >= 15 is 0 Å². The first-order valence-electron chi connectivity index (χ1n) is 11.7. The maximum atomic E-state index is 13.4. The van der Waals surface area contributed by atoms with Crippen molar-refractivity contribution in [3.8, 4) is 0 Å². The fraction of sp³-hybridized carbons (Fsp3) is 0.500.